The van der Waals surface area contributed by atoms with Gasteiger partial charge in [-0.2, -0.15) is 10.2 Å². The lowest BCUT2D eigenvalue weighted by atomic mass is 10.2. The van der Waals surface area contributed by atoms with Gasteiger partial charge in [-0.15, -0.1) is 0 Å². The van der Waals surface area contributed by atoms with E-state index in [4.69, 9.17) is 0 Å². The van der Waals surface area contributed by atoms with Gasteiger partial charge in [0.25, 0.3) is 5.91 Å². The van der Waals surface area contributed by atoms with Crippen LogP contribution >= 0.6 is 0 Å². The molecule has 0 atom stereocenters. The van der Waals surface area contributed by atoms with Crippen LogP contribution in [0.15, 0.2) is 48.9 Å². The molecule has 0 saturated carbocycles. The van der Waals surface area contributed by atoms with Crippen molar-refractivity contribution in [2.45, 2.75) is 26.4 Å². The summed E-state index contributed by atoms with van der Waals surface area (Å²) in [5, 5.41) is 24.1. The number of carbonyl (C=O) groups excluding carboxylic acids is 2. The van der Waals surface area contributed by atoms with Crippen LogP contribution in [0.2, 0.25) is 0 Å². The minimum atomic E-state index is -0.545. The first-order valence-electron chi connectivity index (χ1n) is 8.86. The topological polar surface area (TPSA) is 137 Å². The van der Waals surface area contributed by atoms with Crippen molar-refractivity contribution < 1.29 is 14.5 Å². The van der Waals surface area contributed by atoms with Crippen molar-refractivity contribution in [3.63, 3.8) is 0 Å². The second-order valence-electron chi connectivity index (χ2n) is 6.08. The van der Waals surface area contributed by atoms with Gasteiger partial charge in [0.05, 0.1) is 4.92 Å². The Balaban J connectivity index is 1.56. The molecule has 29 heavy (non-hydrogen) atoms. The summed E-state index contributed by atoms with van der Waals surface area (Å²) in [6.07, 6.45) is 4.05. The van der Waals surface area contributed by atoms with E-state index >= 15 is 0 Å². The van der Waals surface area contributed by atoms with E-state index in [0.29, 0.717) is 23.6 Å². The fourth-order valence-corrected chi connectivity index (χ4v) is 2.66. The van der Waals surface area contributed by atoms with Crippen molar-refractivity contribution in [3.05, 3.63) is 64.7 Å². The van der Waals surface area contributed by atoms with E-state index < -0.39 is 4.92 Å². The van der Waals surface area contributed by atoms with Crippen molar-refractivity contribution in [3.8, 4) is 0 Å². The van der Waals surface area contributed by atoms with Gasteiger partial charge in [0, 0.05) is 37.1 Å². The SMILES string of the molecule is CCn1nccc1C(=O)Nc1cccc(NC(=O)CCn2cc([N+](=O)[O-])cn2)c1. The van der Waals surface area contributed by atoms with E-state index in [-0.39, 0.29) is 30.5 Å². The molecule has 0 bridgehead atoms. The summed E-state index contributed by atoms with van der Waals surface area (Å²) < 4.78 is 2.92. The number of hydrogen-bond donors (Lipinski definition) is 2. The molecule has 0 aliphatic rings. The van der Waals surface area contributed by atoms with Gasteiger partial charge in [-0.3, -0.25) is 29.1 Å². The lowest BCUT2D eigenvalue weighted by Crippen LogP contribution is -2.18. The summed E-state index contributed by atoms with van der Waals surface area (Å²) in [5.74, 6) is -0.580. The highest BCUT2D eigenvalue weighted by Crippen LogP contribution is 2.17. The lowest BCUT2D eigenvalue weighted by molar-refractivity contribution is -0.385. The number of carbonyl (C=O) groups is 2. The maximum atomic E-state index is 12.4. The molecular weight excluding hydrogens is 378 g/mol. The molecule has 2 heterocycles. The lowest BCUT2D eigenvalue weighted by Gasteiger charge is -2.09. The first kappa shape index (κ1) is 19.7. The molecule has 3 aromatic rings. The van der Waals surface area contributed by atoms with Crippen LogP contribution in [0.25, 0.3) is 0 Å². The minimum absolute atomic E-state index is 0.0884. The number of nitrogens with one attached hydrogen (secondary N) is 2. The van der Waals surface area contributed by atoms with Crippen LogP contribution in [0.5, 0.6) is 0 Å². The third-order valence-corrected chi connectivity index (χ3v) is 4.05. The third-order valence-electron chi connectivity index (χ3n) is 4.05. The highest BCUT2D eigenvalue weighted by molar-refractivity contribution is 6.03. The Bertz CT molecular complexity index is 1040. The summed E-state index contributed by atoms with van der Waals surface area (Å²) >= 11 is 0. The van der Waals surface area contributed by atoms with Gasteiger partial charge in [-0.05, 0) is 31.2 Å². The molecule has 2 aromatic heterocycles. The van der Waals surface area contributed by atoms with Crippen molar-refractivity contribution in [2.75, 3.05) is 10.6 Å². The van der Waals surface area contributed by atoms with Gasteiger partial charge in [0.15, 0.2) is 0 Å². The van der Waals surface area contributed by atoms with Crippen LogP contribution in [0.4, 0.5) is 17.1 Å². The summed E-state index contributed by atoms with van der Waals surface area (Å²) in [6, 6.07) is 8.39. The molecule has 11 nitrogen and oxygen atoms in total. The van der Waals surface area contributed by atoms with Gasteiger partial charge in [0.2, 0.25) is 5.91 Å². The number of aryl methyl sites for hydroxylation is 2. The average molecular weight is 397 g/mol. The van der Waals surface area contributed by atoms with Gasteiger partial charge < -0.3 is 10.6 Å². The third kappa shape index (κ3) is 5.03. The predicted molar refractivity (Wildman–Crippen MR) is 104 cm³/mol. The van der Waals surface area contributed by atoms with Gasteiger partial charge in [-0.25, -0.2) is 0 Å². The highest BCUT2D eigenvalue weighted by Gasteiger charge is 2.12. The second kappa shape index (κ2) is 8.78. The maximum Gasteiger partial charge on any atom is 0.306 e. The van der Waals surface area contributed by atoms with Crippen LogP contribution in [0.1, 0.15) is 23.8 Å². The Morgan fingerprint density at radius 1 is 1.17 bits per heavy atom. The first-order chi connectivity index (χ1) is 14.0. The largest absolute Gasteiger partial charge is 0.326 e. The molecule has 150 valence electrons. The smallest absolute Gasteiger partial charge is 0.306 e. The number of nitrogens with zero attached hydrogens (tertiary/aromatic N) is 5. The van der Waals surface area contributed by atoms with E-state index in [9.17, 15) is 19.7 Å². The average Bonchev–Trinajstić information content (AvgIpc) is 3.36. The summed E-state index contributed by atoms with van der Waals surface area (Å²) in [4.78, 5) is 34.6. The zero-order chi connectivity index (χ0) is 20.8. The number of hydrogen-bond acceptors (Lipinski definition) is 6. The van der Waals surface area contributed by atoms with Crippen molar-refractivity contribution in [1.82, 2.24) is 19.6 Å². The summed E-state index contributed by atoms with van der Waals surface area (Å²) in [6.45, 7) is 2.67. The van der Waals surface area contributed by atoms with Crippen molar-refractivity contribution in [2.24, 2.45) is 0 Å². The number of anilines is 2. The minimum Gasteiger partial charge on any atom is -0.326 e. The summed E-state index contributed by atoms with van der Waals surface area (Å²) in [5.41, 5.74) is 1.36. The van der Waals surface area contributed by atoms with Crippen LogP contribution in [0.3, 0.4) is 0 Å². The quantitative estimate of drug-likeness (QED) is 0.442. The van der Waals surface area contributed by atoms with E-state index in [1.807, 2.05) is 6.92 Å². The van der Waals surface area contributed by atoms with Crippen LogP contribution in [-0.2, 0) is 17.9 Å². The standard InChI is InChI=1S/C18H19N7O4/c1-2-24-16(6-8-19-24)18(27)22-14-5-3-4-13(10-14)21-17(26)7-9-23-12-15(11-20-23)25(28)29/h3-6,8,10-12H,2,7,9H2,1H3,(H,21,26)(H,22,27). The zero-order valence-electron chi connectivity index (χ0n) is 15.6. The Labute approximate surface area is 165 Å². The Hall–Kier alpha value is -4.02. The van der Waals surface area contributed by atoms with Gasteiger partial charge in [-0.1, -0.05) is 6.07 Å². The molecule has 0 radical (unpaired) electrons. The van der Waals surface area contributed by atoms with E-state index in [1.165, 1.54) is 10.9 Å². The normalized spacial score (nSPS) is 10.5. The van der Waals surface area contributed by atoms with E-state index in [0.717, 1.165) is 6.20 Å². The van der Waals surface area contributed by atoms with Crippen molar-refractivity contribution in [1.29, 1.82) is 0 Å². The number of amides is 2. The number of benzene rings is 1. The Morgan fingerprint density at radius 3 is 2.62 bits per heavy atom. The molecule has 0 aliphatic heterocycles. The molecule has 0 saturated heterocycles. The van der Waals surface area contributed by atoms with Gasteiger partial charge >= 0.3 is 5.69 Å². The second-order valence-corrected chi connectivity index (χ2v) is 6.08. The molecule has 11 heteroatoms. The maximum absolute atomic E-state index is 12.4. The van der Waals surface area contributed by atoms with Crippen molar-refractivity contribution >= 4 is 28.9 Å². The summed E-state index contributed by atoms with van der Waals surface area (Å²) in [7, 11) is 0. The fraction of sp³-hybridized carbons (Fsp3) is 0.222. The van der Waals surface area contributed by atoms with E-state index in [2.05, 4.69) is 20.8 Å². The molecule has 0 aliphatic carbocycles. The molecular formula is C18H19N7O4. The molecule has 1 aromatic carbocycles. The molecule has 3 rings (SSSR count). The molecule has 0 fully saturated rings. The molecule has 0 unspecified atom stereocenters. The zero-order valence-corrected chi connectivity index (χ0v) is 15.6. The van der Waals surface area contributed by atoms with Crippen LogP contribution in [-0.4, -0.2) is 36.3 Å². The molecule has 2 amide bonds. The Kier molecular flexibility index (Phi) is 5.97. The predicted octanol–water partition coefficient (Wildman–Crippen LogP) is 2.29. The number of rotatable bonds is 8. The number of aromatic nitrogens is 4. The van der Waals surface area contributed by atoms with Crippen LogP contribution < -0.4 is 10.6 Å². The molecule has 0 spiro atoms. The monoisotopic (exact) mass is 397 g/mol. The number of nitro groups is 1. The molecule has 2 N–H and O–H groups in total. The van der Waals surface area contributed by atoms with Crippen LogP contribution in [0, 0.1) is 10.1 Å². The Morgan fingerprint density at radius 2 is 1.93 bits per heavy atom. The highest BCUT2D eigenvalue weighted by atomic mass is 16.6. The van der Waals surface area contributed by atoms with E-state index in [1.54, 1.807) is 41.2 Å². The fourth-order valence-electron chi connectivity index (χ4n) is 2.66. The van der Waals surface area contributed by atoms with Gasteiger partial charge in [0.1, 0.15) is 18.1 Å². The first-order valence-corrected chi connectivity index (χ1v) is 8.86.